The highest BCUT2D eigenvalue weighted by atomic mass is 16.6. The predicted octanol–water partition coefficient (Wildman–Crippen LogP) is 1.54. The summed E-state index contributed by atoms with van der Waals surface area (Å²) in [6.07, 6.45) is 0. The summed E-state index contributed by atoms with van der Waals surface area (Å²) in [5.41, 5.74) is -0.0513. The minimum atomic E-state index is -0.532. The zero-order valence-corrected chi connectivity index (χ0v) is 8.71. The Bertz CT molecular complexity index is 373. The van der Waals surface area contributed by atoms with E-state index in [0.717, 1.165) is 0 Å². The molecule has 86 valence electrons. The van der Waals surface area contributed by atoms with Crippen molar-refractivity contribution in [3.63, 3.8) is 0 Å². The summed E-state index contributed by atoms with van der Waals surface area (Å²) < 4.78 is 9.71. The number of esters is 1. The van der Waals surface area contributed by atoms with Crippen LogP contribution < -0.4 is 4.74 Å². The molecule has 0 unspecified atom stereocenters. The average Bonchev–Trinajstić information content (AvgIpc) is 2.27. The molecule has 6 nitrogen and oxygen atoms in total. The van der Waals surface area contributed by atoms with Crippen LogP contribution >= 0.6 is 0 Å². The highest BCUT2D eigenvalue weighted by Gasteiger charge is 2.07. The highest BCUT2D eigenvalue weighted by Crippen LogP contribution is 2.17. The van der Waals surface area contributed by atoms with Gasteiger partial charge in [-0.1, -0.05) is 0 Å². The maximum Gasteiger partial charge on any atom is 0.337 e. The third-order valence-electron chi connectivity index (χ3n) is 1.70. The monoisotopic (exact) mass is 225 g/mol. The lowest BCUT2D eigenvalue weighted by Crippen LogP contribution is -2.15. The number of rotatable bonds is 5. The Balaban J connectivity index is 2.55. The first-order valence-electron chi connectivity index (χ1n) is 4.66. The molecular formula is C10H11NO5. The highest BCUT2D eigenvalue weighted by molar-refractivity contribution is 5.73. The number of hydrogen-bond acceptors (Lipinski definition) is 5. The minimum absolute atomic E-state index is 0.0513. The molecule has 0 bridgehead atoms. The fourth-order valence-electron chi connectivity index (χ4n) is 0.982. The molecule has 1 aromatic carbocycles. The molecule has 0 saturated carbocycles. The topological polar surface area (TPSA) is 78.7 Å². The first kappa shape index (κ1) is 12.1. The molecule has 1 aromatic rings. The molecule has 0 aliphatic rings. The van der Waals surface area contributed by atoms with E-state index in [1.807, 2.05) is 0 Å². The smallest absolute Gasteiger partial charge is 0.337 e. The van der Waals surface area contributed by atoms with Crippen LogP contribution in [0.1, 0.15) is 6.92 Å². The molecule has 0 aliphatic heterocycles. The average molecular weight is 225 g/mol. The lowest BCUT2D eigenvalue weighted by atomic mass is 10.3. The van der Waals surface area contributed by atoms with Crippen molar-refractivity contribution in [2.75, 3.05) is 13.2 Å². The van der Waals surface area contributed by atoms with Gasteiger partial charge in [0.2, 0.25) is 0 Å². The molecule has 0 amide bonds. The summed E-state index contributed by atoms with van der Waals surface area (Å²) in [6, 6.07) is 5.26. The Morgan fingerprint density at radius 2 is 2.00 bits per heavy atom. The molecule has 0 atom stereocenters. The van der Waals surface area contributed by atoms with E-state index in [-0.39, 0.29) is 18.0 Å². The van der Waals surface area contributed by atoms with Gasteiger partial charge in [-0.3, -0.25) is 10.1 Å². The molecule has 1 rings (SSSR count). The molecule has 0 radical (unpaired) electrons. The van der Waals surface area contributed by atoms with Gasteiger partial charge >= 0.3 is 5.97 Å². The van der Waals surface area contributed by atoms with Crippen LogP contribution in [0.5, 0.6) is 5.75 Å². The minimum Gasteiger partial charge on any atom is -0.425 e. The molecule has 0 aromatic heterocycles. The molecule has 0 aliphatic carbocycles. The molecule has 6 heteroatoms. The van der Waals surface area contributed by atoms with Crippen LogP contribution in [-0.2, 0) is 9.53 Å². The van der Waals surface area contributed by atoms with E-state index < -0.39 is 10.9 Å². The van der Waals surface area contributed by atoms with Gasteiger partial charge in [-0.25, -0.2) is 4.79 Å². The number of nitrogens with zero attached hydrogens (tertiary/aromatic N) is 1. The second-order valence-corrected chi connectivity index (χ2v) is 2.86. The molecule has 0 spiro atoms. The molecular weight excluding hydrogens is 214 g/mol. The van der Waals surface area contributed by atoms with Crippen molar-refractivity contribution in [3.8, 4) is 5.75 Å². The molecule has 16 heavy (non-hydrogen) atoms. The maximum atomic E-state index is 11.1. The van der Waals surface area contributed by atoms with Crippen LogP contribution in [0.25, 0.3) is 0 Å². The van der Waals surface area contributed by atoms with Gasteiger partial charge in [-0.2, -0.15) is 0 Å². The van der Waals surface area contributed by atoms with Crippen molar-refractivity contribution < 1.29 is 19.2 Å². The Morgan fingerprint density at radius 3 is 2.50 bits per heavy atom. The van der Waals surface area contributed by atoms with Crippen LogP contribution in [0.2, 0.25) is 0 Å². The SMILES string of the molecule is CCOCC(=O)Oc1ccc([N+](=O)[O-])cc1. The fraction of sp³-hybridized carbons (Fsp3) is 0.300. The van der Waals surface area contributed by atoms with Crippen LogP contribution in [-0.4, -0.2) is 24.1 Å². The molecule has 0 saturated heterocycles. The first-order valence-corrected chi connectivity index (χ1v) is 4.66. The van der Waals surface area contributed by atoms with Gasteiger partial charge in [-0.15, -0.1) is 0 Å². The Kier molecular flexibility index (Phi) is 4.41. The van der Waals surface area contributed by atoms with Crippen molar-refractivity contribution in [1.29, 1.82) is 0 Å². The van der Waals surface area contributed by atoms with E-state index in [4.69, 9.17) is 9.47 Å². The third-order valence-corrected chi connectivity index (χ3v) is 1.70. The van der Waals surface area contributed by atoms with Gasteiger partial charge in [0.15, 0.2) is 0 Å². The second kappa shape index (κ2) is 5.82. The quantitative estimate of drug-likeness (QED) is 0.328. The number of hydrogen-bond donors (Lipinski definition) is 0. The summed E-state index contributed by atoms with van der Waals surface area (Å²) in [5, 5.41) is 10.4. The summed E-state index contributed by atoms with van der Waals surface area (Å²) in [4.78, 5) is 20.9. The fourth-order valence-corrected chi connectivity index (χ4v) is 0.982. The number of non-ortho nitro benzene ring substituents is 1. The summed E-state index contributed by atoms with van der Waals surface area (Å²) in [7, 11) is 0. The second-order valence-electron chi connectivity index (χ2n) is 2.86. The van der Waals surface area contributed by atoms with E-state index in [1.165, 1.54) is 24.3 Å². The number of benzene rings is 1. The first-order chi connectivity index (χ1) is 7.63. The predicted molar refractivity (Wildman–Crippen MR) is 55.2 cm³/mol. The van der Waals surface area contributed by atoms with Gasteiger partial charge in [-0.05, 0) is 19.1 Å². The maximum absolute atomic E-state index is 11.1. The van der Waals surface area contributed by atoms with E-state index in [1.54, 1.807) is 6.92 Å². The standard InChI is InChI=1S/C10H11NO5/c1-2-15-7-10(12)16-9-5-3-8(4-6-9)11(13)14/h3-6H,2,7H2,1H3. The summed E-state index contributed by atoms with van der Waals surface area (Å²) in [5.74, 6) is -0.272. The van der Waals surface area contributed by atoms with Crippen molar-refractivity contribution >= 4 is 11.7 Å². The van der Waals surface area contributed by atoms with E-state index in [0.29, 0.717) is 6.61 Å². The van der Waals surface area contributed by atoms with Gasteiger partial charge < -0.3 is 9.47 Å². The number of nitro benzene ring substituents is 1. The van der Waals surface area contributed by atoms with Gasteiger partial charge in [0.25, 0.3) is 5.69 Å². The van der Waals surface area contributed by atoms with Gasteiger partial charge in [0.05, 0.1) is 4.92 Å². The lowest BCUT2D eigenvalue weighted by Gasteiger charge is -2.03. The number of carbonyl (C=O) groups excluding carboxylic acids is 1. The molecule has 0 N–H and O–H groups in total. The Hall–Kier alpha value is -1.95. The third kappa shape index (κ3) is 3.66. The Labute approximate surface area is 91.9 Å². The van der Waals surface area contributed by atoms with Crippen LogP contribution in [0.3, 0.4) is 0 Å². The zero-order valence-electron chi connectivity index (χ0n) is 8.71. The number of carbonyl (C=O) groups is 1. The van der Waals surface area contributed by atoms with Crippen molar-refractivity contribution in [2.24, 2.45) is 0 Å². The van der Waals surface area contributed by atoms with Gasteiger partial charge in [0, 0.05) is 18.7 Å². The van der Waals surface area contributed by atoms with Crippen molar-refractivity contribution in [2.45, 2.75) is 6.92 Å². The van der Waals surface area contributed by atoms with Crippen LogP contribution in [0, 0.1) is 10.1 Å². The molecule has 0 fully saturated rings. The number of ether oxygens (including phenoxy) is 2. The molecule has 0 heterocycles. The summed E-state index contributed by atoms with van der Waals surface area (Å²) >= 11 is 0. The largest absolute Gasteiger partial charge is 0.425 e. The van der Waals surface area contributed by atoms with Crippen molar-refractivity contribution in [3.05, 3.63) is 34.4 Å². The van der Waals surface area contributed by atoms with E-state index in [9.17, 15) is 14.9 Å². The number of nitro groups is 1. The summed E-state index contributed by atoms with van der Waals surface area (Å²) in [6.45, 7) is 2.06. The van der Waals surface area contributed by atoms with Crippen LogP contribution in [0.15, 0.2) is 24.3 Å². The van der Waals surface area contributed by atoms with E-state index >= 15 is 0 Å². The van der Waals surface area contributed by atoms with E-state index in [2.05, 4.69) is 0 Å². The Morgan fingerprint density at radius 1 is 1.38 bits per heavy atom. The lowest BCUT2D eigenvalue weighted by molar-refractivity contribution is -0.384. The van der Waals surface area contributed by atoms with Gasteiger partial charge in [0.1, 0.15) is 12.4 Å². The van der Waals surface area contributed by atoms with Crippen LogP contribution in [0.4, 0.5) is 5.69 Å². The zero-order chi connectivity index (χ0) is 12.0. The normalized spacial score (nSPS) is 9.81. The van der Waals surface area contributed by atoms with Crippen molar-refractivity contribution in [1.82, 2.24) is 0 Å².